The van der Waals surface area contributed by atoms with E-state index in [0.717, 1.165) is 70.6 Å². The molecule has 0 radical (unpaired) electrons. The number of hydrogen-bond donors (Lipinski definition) is 3. The van der Waals surface area contributed by atoms with Gasteiger partial charge in [-0.2, -0.15) is 8.42 Å². The number of aliphatic hydroxyl groups excluding tert-OH is 1. The summed E-state index contributed by atoms with van der Waals surface area (Å²) in [5.41, 5.74) is 0. The Kier molecular flexibility index (Phi) is 41.2. The standard InChI is InChI=1S/C50H87NO5S/c1-3-5-7-9-11-13-15-17-19-21-23-24-25-26-28-30-32-34-36-38-40-42-44-46-50(53)51-48(47-57(54,55)56)49(52)45-43-41-39-37-35-33-31-29-27-22-20-18-16-14-12-10-8-6-4-2/h5,7,11,13,17,19,23-24,26,28,32,34,38,40,48-49,52H,3-4,6,8-10,12,14-16,18,20-22,25,27,29-31,33,35-37,39,41-47H2,1-2H3,(H,51,53)(H,54,55,56)/b7-5-,13-11-,19-17-,24-23-,28-26-,34-32-,40-38-. The molecule has 2 unspecified atom stereocenters. The summed E-state index contributed by atoms with van der Waals surface area (Å²) >= 11 is 0. The first kappa shape index (κ1) is 54.5. The Morgan fingerprint density at radius 2 is 0.825 bits per heavy atom. The summed E-state index contributed by atoms with van der Waals surface area (Å²) in [5.74, 6) is -0.980. The van der Waals surface area contributed by atoms with E-state index in [4.69, 9.17) is 0 Å². The number of amides is 1. The minimum atomic E-state index is -4.34. The molecular weight excluding hydrogens is 727 g/mol. The molecule has 0 saturated heterocycles. The molecular formula is C50H87NO5S. The molecule has 0 fully saturated rings. The fourth-order valence-electron chi connectivity index (χ4n) is 6.68. The first-order valence-corrected chi connectivity index (χ1v) is 24.9. The molecule has 0 aliphatic carbocycles. The van der Waals surface area contributed by atoms with Gasteiger partial charge in [-0.1, -0.05) is 221 Å². The summed E-state index contributed by atoms with van der Waals surface area (Å²) in [6.07, 6.45) is 62.6. The van der Waals surface area contributed by atoms with Crippen LogP contribution in [0.3, 0.4) is 0 Å². The van der Waals surface area contributed by atoms with E-state index in [1.54, 1.807) is 0 Å². The van der Waals surface area contributed by atoms with Gasteiger partial charge in [-0.25, -0.2) is 0 Å². The molecule has 57 heavy (non-hydrogen) atoms. The second-order valence-electron chi connectivity index (χ2n) is 15.7. The van der Waals surface area contributed by atoms with Crippen molar-refractivity contribution in [3.8, 4) is 0 Å². The Balaban J connectivity index is 3.95. The van der Waals surface area contributed by atoms with E-state index in [1.807, 2.05) is 0 Å². The summed E-state index contributed by atoms with van der Waals surface area (Å²) in [4.78, 5) is 12.6. The van der Waals surface area contributed by atoms with Gasteiger partial charge in [0.25, 0.3) is 10.1 Å². The lowest BCUT2D eigenvalue weighted by molar-refractivity contribution is -0.122. The van der Waals surface area contributed by atoms with E-state index in [1.165, 1.54) is 103 Å². The molecule has 328 valence electrons. The topological polar surface area (TPSA) is 104 Å². The normalized spacial score (nSPS) is 14.0. The van der Waals surface area contributed by atoms with Crippen LogP contribution < -0.4 is 5.32 Å². The van der Waals surface area contributed by atoms with Gasteiger partial charge in [-0.3, -0.25) is 9.35 Å². The Hall–Kier alpha value is -2.48. The zero-order chi connectivity index (χ0) is 41.8. The van der Waals surface area contributed by atoms with Crippen LogP contribution in [0, 0.1) is 0 Å². The van der Waals surface area contributed by atoms with Gasteiger partial charge < -0.3 is 10.4 Å². The van der Waals surface area contributed by atoms with Gasteiger partial charge in [0.15, 0.2) is 0 Å². The van der Waals surface area contributed by atoms with E-state index in [9.17, 15) is 22.9 Å². The maximum Gasteiger partial charge on any atom is 0.266 e. The van der Waals surface area contributed by atoms with E-state index in [2.05, 4.69) is 104 Å². The van der Waals surface area contributed by atoms with Crippen molar-refractivity contribution in [2.24, 2.45) is 0 Å². The van der Waals surface area contributed by atoms with Crippen molar-refractivity contribution in [2.75, 3.05) is 5.75 Å². The van der Waals surface area contributed by atoms with Crippen molar-refractivity contribution >= 4 is 16.0 Å². The second kappa shape index (κ2) is 43.1. The van der Waals surface area contributed by atoms with Crippen molar-refractivity contribution in [1.29, 1.82) is 0 Å². The predicted octanol–water partition coefficient (Wildman–Crippen LogP) is 14.4. The number of allylic oxidation sites excluding steroid dienone is 14. The van der Waals surface area contributed by atoms with E-state index in [-0.39, 0.29) is 12.3 Å². The zero-order valence-corrected chi connectivity index (χ0v) is 37.5. The molecule has 0 rings (SSSR count). The molecule has 0 bridgehead atoms. The van der Waals surface area contributed by atoms with Gasteiger partial charge in [0, 0.05) is 6.42 Å². The first-order valence-electron chi connectivity index (χ1n) is 23.3. The SMILES string of the molecule is CC/C=C\C/C=C\C/C=C\C/C=C\C/C=C\C/C=C\C/C=C\CCCC(=O)NC(CS(=O)(=O)O)C(O)CCCCCCCCCCCCCCCCCCCCC. The van der Waals surface area contributed by atoms with Crippen LogP contribution in [0.25, 0.3) is 0 Å². The van der Waals surface area contributed by atoms with Crippen LogP contribution in [0.15, 0.2) is 85.1 Å². The molecule has 0 saturated carbocycles. The minimum absolute atomic E-state index is 0.234. The highest BCUT2D eigenvalue weighted by Gasteiger charge is 2.26. The summed E-state index contributed by atoms with van der Waals surface area (Å²) in [7, 11) is -4.34. The second-order valence-corrected chi connectivity index (χ2v) is 17.2. The van der Waals surface area contributed by atoms with Crippen molar-refractivity contribution in [3.05, 3.63) is 85.1 Å². The summed E-state index contributed by atoms with van der Waals surface area (Å²) in [6.45, 7) is 4.42. The number of hydrogen-bond acceptors (Lipinski definition) is 4. The fourth-order valence-corrected chi connectivity index (χ4v) is 7.44. The van der Waals surface area contributed by atoms with Gasteiger partial charge in [-0.15, -0.1) is 0 Å². The number of carbonyl (C=O) groups excluding carboxylic acids is 1. The quantitative estimate of drug-likeness (QED) is 0.0324. The van der Waals surface area contributed by atoms with Crippen LogP contribution in [-0.2, 0) is 14.9 Å². The number of aliphatic hydroxyl groups is 1. The van der Waals surface area contributed by atoms with Crippen molar-refractivity contribution < 1.29 is 22.9 Å². The molecule has 0 heterocycles. The maximum absolute atomic E-state index is 12.6. The lowest BCUT2D eigenvalue weighted by Crippen LogP contribution is -2.47. The Labute approximate surface area is 352 Å². The molecule has 7 heteroatoms. The number of nitrogens with one attached hydrogen (secondary N) is 1. The van der Waals surface area contributed by atoms with Gasteiger partial charge in [0.05, 0.1) is 17.9 Å². The predicted molar refractivity (Wildman–Crippen MR) is 248 cm³/mol. The number of rotatable bonds is 41. The molecule has 0 spiro atoms. The largest absolute Gasteiger partial charge is 0.391 e. The third-order valence-electron chi connectivity index (χ3n) is 10.1. The molecule has 6 nitrogen and oxygen atoms in total. The average Bonchev–Trinajstić information content (AvgIpc) is 3.18. The smallest absolute Gasteiger partial charge is 0.266 e. The van der Waals surface area contributed by atoms with Crippen molar-refractivity contribution in [2.45, 2.75) is 219 Å². The lowest BCUT2D eigenvalue weighted by atomic mass is 10.0. The molecule has 0 aromatic carbocycles. The molecule has 0 aromatic heterocycles. The average molecular weight is 814 g/mol. The highest BCUT2D eigenvalue weighted by molar-refractivity contribution is 7.85. The summed E-state index contributed by atoms with van der Waals surface area (Å²) < 4.78 is 32.7. The van der Waals surface area contributed by atoms with Crippen molar-refractivity contribution in [1.82, 2.24) is 5.32 Å². The van der Waals surface area contributed by atoms with E-state index < -0.39 is 28.0 Å². The van der Waals surface area contributed by atoms with Gasteiger partial charge in [0.2, 0.25) is 5.91 Å². The minimum Gasteiger partial charge on any atom is -0.391 e. The van der Waals surface area contributed by atoms with Crippen LogP contribution in [0.4, 0.5) is 0 Å². The molecule has 1 amide bonds. The van der Waals surface area contributed by atoms with E-state index >= 15 is 0 Å². The first-order chi connectivity index (χ1) is 27.8. The Morgan fingerprint density at radius 3 is 1.18 bits per heavy atom. The van der Waals surface area contributed by atoms with Crippen LogP contribution in [0.2, 0.25) is 0 Å². The monoisotopic (exact) mass is 814 g/mol. The molecule has 3 N–H and O–H groups in total. The fraction of sp³-hybridized carbons (Fsp3) is 0.700. The van der Waals surface area contributed by atoms with Crippen LogP contribution in [0.1, 0.15) is 206 Å². The van der Waals surface area contributed by atoms with Gasteiger partial charge >= 0.3 is 0 Å². The van der Waals surface area contributed by atoms with E-state index in [0.29, 0.717) is 12.8 Å². The molecule has 0 aliphatic rings. The maximum atomic E-state index is 12.6. The zero-order valence-electron chi connectivity index (χ0n) is 36.7. The molecule has 2 atom stereocenters. The Bertz CT molecular complexity index is 1210. The summed E-state index contributed by atoms with van der Waals surface area (Å²) in [5, 5.41) is 13.4. The highest BCUT2D eigenvalue weighted by Crippen LogP contribution is 2.16. The highest BCUT2D eigenvalue weighted by atomic mass is 32.2. The van der Waals surface area contributed by atoms with Crippen LogP contribution in [-0.4, -0.2) is 41.9 Å². The van der Waals surface area contributed by atoms with Gasteiger partial charge in [0.1, 0.15) is 0 Å². The summed E-state index contributed by atoms with van der Waals surface area (Å²) in [6, 6.07) is -1.01. The van der Waals surface area contributed by atoms with Gasteiger partial charge in [-0.05, 0) is 64.2 Å². The third-order valence-corrected chi connectivity index (χ3v) is 10.9. The lowest BCUT2D eigenvalue weighted by Gasteiger charge is -2.23. The van der Waals surface area contributed by atoms with Crippen LogP contribution in [0.5, 0.6) is 0 Å². The van der Waals surface area contributed by atoms with Crippen LogP contribution >= 0.6 is 0 Å². The number of unbranched alkanes of at least 4 members (excludes halogenated alkanes) is 19. The third kappa shape index (κ3) is 44.5. The Morgan fingerprint density at radius 1 is 0.491 bits per heavy atom. The molecule has 0 aromatic rings. The number of carbonyl (C=O) groups is 1. The molecule has 0 aliphatic heterocycles. The van der Waals surface area contributed by atoms with Crippen molar-refractivity contribution in [3.63, 3.8) is 0 Å².